The molecule has 0 heterocycles. The van der Waals surface area contributed by atoms with Crippen LogP contribution in [0.3, 0.4) is 0 Å². The molecule has 2 aromatic carbocycles. The molecule has 0 aliphatic rings. The van der Waals surface area contributed by atoms with Crippen LogP contribution >= 0.6 is 0 Å². The van der Waals surface area contributed by atoms with Crippen LogP contribution in [0.5, 0.6) is 11.5 Å². The van der Waals surface area contributed by atoms with E-state index in [0.29, 0.717) is 23.8 Å². The molecule has 0 saturated heterocycles. The van der Waals surface area contributed by atoms with Gasteiger partial charge < -0.3 is 14.8 Å². The van der Waals surface area contributed by atoms with Gasteiger partial charge in [-0.05, 0) is 43.3 Å². The summed E-state index contributed by atoms with van der Waals surface area (Å²) in [7, 11) is 1.51. The van der Waals surface area contributed by atoms with Gasteiger partial charge in [-0.2, -0.15) is 5.26 Å². The van der Waals surface area contributed by atoms with Crippen LogP contribution in [-0.4, -0.2) is 25.4 Å². The number of carbonyl (C=O) groups is 2. The summed E-state index contributed by atoms with van der Waals surface area (Å²) in [6.07, 6.45) is 0. The standard InChI is InChI=1S/C19H18N2O4/c1-3-25-17-7-5-4-6-16(17)21-19(23)15(12-20)18(22)13-8-10-14(24-2)11-9-13/h4-11,15H,3H2,1-2H3,(H,21,23)/t15-/m0/s1. The quantitative estimate of drug-likeness (QED) is 0.619. The number of methoxy groups -OCH3 is 1. The summed E-state index contributed by atoms with van der Waals surface area (Å²) in [4.78, 5) is 24.9. The highest BCUT2D eigenvalue weighted by atomic mass is 16.5. The van der Waals surface area contributed by atoms with Gasteiger partial charge in [0.2, 0.25) is 5.91 Å². The van der Waals surface area contributed by atoms with Gasteiger partial charge in [-0.1, -0.05) is 12.1 Å². The third kappa shape index (κ3) is 4.36. The lowest BCUT2D eigenvalue weighted by Crippen LogP contribution is -2.28. The van der Waals surface area contributed by atoms with Crippen molar-refractivity contribution < 1.29 is 19.1 Å². The average molecular weight is 338 g/mol. The van der Waals surface area contributed by atoms with Crippen molar-refractivity contribution in [1.29, 1.82) is 5.26 Å². The van der Waals surface area contributed by atoms with Crippen LogP contribution in [0.25, 0.3) is 0 Å². The lowest BCUT2D eigenvalue weighted by Gasteiger charge is -2.13. The SMILES string of the molecule is CCOc1ccccc1NC(=O)[C@@H](C#N)C(=O)c1ccc(OC)cc1. The van der Waals surface area contributed by atoms with Gasteiger partial charge in [-0.3, -0.25) is 9.59 Å². The van der Waals surface area contributed by atoms with E-state index in [1.807, 2.05) is 6.92 Å². The summed E-state index contributed by atoms with van der Waals surface area (Å²) in [6.45, 7) is 2.25. The summed E-state index contributed by atoms with van der Waals surface area (Å²) < 4.78 is 10.5. The molecule has 0 fully saturated rings. The summed E-state index contributed by atoms with van der Waals surface area (Å²) in [5.74, 6) is -1.66. The predicted octanol–water partition coefficient (Wildman–Crippen LogP) is 3.06. The fourth-order valence-electron chi connectivity index (χ4n) is 2.21. The Morgan fingerprint density at radius 1 is 1.16 bits per heavy atom. The number of nitriles is 1. The van der Waals surface area contributed by atoms with Crippen molar-refractivity contribution in [3.05, 3.63) is 54.1 Å². The van der Waals surface area contributed by atoms with E-state index in [9.17, 15) is 14.9 Å². The van der Waals surface area contributed by atoms with Crippen LogP contribution in [0.1, 0.15) is 17.3 Å². The number of hydrogen-bond donors (Lipinski definition) is 1. The van der Waals surface area contributed by atoms with Crippen molar-refractivity contribution >= 4 is 17.4 Å². The average Bonchev–Trinajstić information content (AvgIpc) is 2.64. The van der Waals surface area contributed by atoms with Gasteiger partial charge >= 0.3 is 0 Å². The molecule has 0 saturated carbocycles. The number of para-hydroxylation sites is 2. The van der Waals surface area contributed by atoms with Crippen LogP contribution in [-0.2, 0) is 4.79 Å². The first kappa shape index (κ1) is 18.0. The lowest BCUT2D eigenvalue weighted by atomic mass is 9.98. The van der Waals surface area contributed by atoms with Crippen molar-refractivity contribution in [3.8, 4) is 17.6 Å². The Balaban J connectivity index is 2.18. The molecule has 0 radical (unpaired) electrons. The first-order chi connectivity index (χ1) is 12.1. The molecule has 6 heteroatoms. The summed E-state index contributed by atoms with van der Waals surface area (Å²) in [5, 5.41) is 11.9. The van der Waals surface area contributed by atoms with Crippen LogP contribution in [0.2, 0.25) is 0 Å². The minimum atomic E-state index is -1.46. The van der Waals surface area contributed by atoms with Crippen LogP contribution < -0.4 is 14.8 Å². The summed E-state index contributed by atoms with van der Waals surface area (Å²) in [5.41, 5.74) is 0.678. The number of amides is 1. The smallest absolute Gasteiger partial charge is 0.249 e. The molecular formula is C19H18N2O4. The van der Waals surface area contributed by atoms with Crippen molar-refractivity contribution in [2.75, 3.05) is 19.0 Å². The van der Waals surface area contributed by atoms with Gasteiger partial charge in [-0.15, -0.1) is 0 Å². The van der Waals surface area contributed by atoms with E-state index < -0.39 is 17.6 Å². The maximum absolute atomic E-state index is 12.5. The number of nitrogens with zero attached hydrogens (tertiary/aromatic N) is 1. The third-order valence-corrected chi connectivity index (χ3v) is 3.47. The number of benzene rings is 2. The van der Waals surface area contributed by atoms with Gasteiger partial charge in [0, 0.05) is 5.56 Å². The Labute approximate surface area is 146 Å². The molecule has 1 atom stereocenters. The topological polar surface area (TPSA) is 88.4 Å². The maximum atomic E-state index is 12.5. The monoisotopic (exact) mass is 338 g/mol. The zero-order valence-corrected chi connectivity index (χ0v) is 14.0. The van der Waals surface area contributed by atoms with Gasteiger partial charge in [0.15, 0.2) is 11.7 Å². The molecule has 0 aliphatic carbocycles. The first-order valence-corrected chi connectivity index (χ1v) is 7.71. The van der Waals surface area contributed by atoms with E-state index in [1.54, 1.807) is 42.5 Å². The molecule has 0 aromatic heterocycles. The maximum Gasteiger partial charge on any atom is 0.249 e. The number of ether oxygens (including phenoxy) is 2. The van der Waals surface area contributed by atoms with E-state index in [4.69, 9.17) is 9.47 Å². The molecule has 1 N–H and O–H groups in total. The number of anilines is 1. The Morgan fingerprint density at radius 2 is 1.84 bits per heavy atom. The highest BCUT2D eigenvalue weighted by Gasteiger charge is 2.28. The number of rotatable bonds is 7. The fourth-order valence-corrected chi connectivity index (χ4v) is 2.21. The van der Waals surface area contributed by atoms with Crippen molar-refractivity contribution in [2.24, 2.45) is 5.92 Å². The van der Waals surface area contributed by atoms with Crippen molar-refractivity contribution in [2.45, 2.75) is 6.92 Å². The second-order valence-electron chi connectivity index (χ2n) is 5.07. The normalized spacial score (nSPS) is 11.1. The second kappa shape index (κ2) is 8.50. The molecule has 6 nitrogen and oxygen atoms in total. The number of Topliss-reactive ketones (excluding diaryl/α,β-unsaturated/α-hetero) is 1. The molecule has 2 rings (SSSR count). The molecule has 0 bridgehead atoms. The lowest BCUT2D eigenvalue weighted by molar-refractivity contribution is -0.117. The Bertz CT molecular complexity index is 794. The predicted molar refractivity (Wildman–Crippen MR) is 92.7 cm³/mol. The number of nitrogens with one attached hydrogen (secondary N) is 1. The van der Waals surface area contributed by atoms with E-state index in [2.05, 4.69) is 5.32 Å². The zero-order valence-electron chi connectivity index (χ0n) is 14.0. The van der Waals surface area contributed by atoms with E-state index in [-0.39, 0.29) is 5.56 Å². The van der Waals surface area contributed by atoms with E-state index in [0.717, 1.165) is 0 Å². The molecule has 1 amide bonds. The van der Waals surface area contributed by atoms with Crippen LogP contribution in [0, 0.1) is 17.2 Å². The Kier molecular flexibility index (Phi) is 6.13. The summed E-state index contributed by atoms with van der Waals surface area (Å²) >= 11 is 0. The Morgan fingerprint density at radius 3 is 2.44 bits per heavy atom. The fraction of sp³-hybridized carbons (Fsp3) is 0.211. The minimum absolute atomic E-state index is 0.264. The zero-order chi connectivity index (χ0) is 18.2. The second-order valence-corrected chi connectivity index (χ2v) is 5.07. The largest absolute Gasteiger partial charge is 0.497 e. The van der Waals surface area contributed by atoms with Crippen LogP contribution in [0.15, 0.2) is 48.5 Å². The van der Waals surface area contributed by atoms with Crippen molar-refractivity contribution in [1.82, 2.24) is 0 Å². The van der Waals surface area contributed by atoms with Crippen LogP contribution in [0.4, 0.5) is 5.69 Å². The highest BCUT2D eigenvalue weighted by molar-refractivity contribution is 6.15. The van der Waals surface area contributed by atoms with E-state index >= 15 is 0 Å². The highest BCUT2D eigenvalue weighted by Crippen LogP contribution is 2.24. The first-order valence-electron chi connectivity index (χ1n) is 7.71. The third-order valence-electron chi connectivity index (χ3n) is 3.47. The molecule has 2 aromatic rings. The minimum Gasteiger partial charge on any atom is -0.497 e. The number of carbonyl (C=O) groups excluding carboxylic acids is 2. The van der Waals surface area contributed by atoms with Gasteiger partial charge in [0.1, 0.15) is 11.5 Å². The molecule has 0 aliphatic heterocycles. The molecule has 0 spiro atoms. The molecule has 128 valence electrons. The Hall–Kier alpha value is -3.33. The molecule has 0 unspecified atom stereocenters. The van der Waals surface area contributed by atoms with Gasteiger partial charge in [0.05, 0.1) is 25.5 Å². The van der Waals surface area contributed by atoms with Gasteiger partial charge in [0.25, 0.3) is 0 Å². The number of ketones is 1. The van der Waals surface area contributed by atoms with Crippen molar-refractivity contribution in [3.63, 3.8) is 0 Å². The molecular weight excluding hydrogens is 320 g/mol. The molecule has 25 heavy (non-hydrogen) atoms. The van der Waals surface area contributed by atoms with Gasteiger partial charge in [-0.25, -0.2) is 0 Å². The number of hydrogen-bond acceptors (Lipinski definition) is 5. The summed E-state index contributed by atoms with van der Waals surface area (Å²) in [6, 6.07) is 14.9. The van der Waals surface area contributed by atoms with E-state index in [1.165, 1.54) is 19.2 Å².